The molecule has 2 unspecified atom stereocenters. The van der Waals surface area contributed by atoms with Gasteiger partial charge in [-0.3, -0.25) is 4.57 Å². The smallest absolute Gasteiger partial charge is 0.281 e. The maximum Gasteiger partial charge on any atom is 0.281 e. The van der Waals surface area contributed by atoms with Crippen molar-refractivity contribution in [1.29, 1.82) is 0 Å². The van der Waals surface area contributed by atoms with E-state index in [-0.39, 0.29) is 5.75 Å². The average molecular weight is 328 g/mol. The van der Waals surface area contributed by atoms with Gasteiger partial charge in [0, 0.05) is 6.26 Å². The van der Waals surface area contributed by atoms with Crippen LogP contribution in [0.1, 0.15) is 0 Å². The summed E-state index contributed by atoms with van der Waals surface area (Å²) in [4.78, 5) is 0. The third-order valence-corrected chi connectivity index (χ3v) is 6.32. The molecule has 0 spiro atoms. The van der Waals surface area contributed by atoms with Crippen LogP contribution in [0.25, 0.3) is 0 Å². The zero-order chi connectivity index (χ0) is 14.7. The first-order chi connectivity index (χ1) is 8.59. The molecular formula is C9H13O7PS2. The van der Waals surface area contributed by atoms with Crippen LogP contribution in [-0.2, 0) is 28.7 Å². The number of rotatable bonds is 6. The molecule has 0 N–H and O–H groups in total. The molecule has 0 saturated heterocycles. The van der Waals surface area contributed by atoms with Crippen molar-refractivity contribution < 1.29 is 30.1 Å². The second-order valence-electron chi connectivity index (χ2n) is 3.70. The van der Waals surface area contributed by atoms with Gasteiger partial charge in [0.15, 0.2) is 9.84 Å². The summed E-state index contributed by atoms with van der Waals surface area (Å²) in [5, 5.41) is -2.03. The summed E-state index contributed by atoms with van der Waals surface area (Å²) in [6.07, 6.45) is 1.39. The molecule has 10 heteroatoms. The van der Waals surface area contributed by atoms with E-state index in [2.05, 4.69) is 4.18 Å². The van der Waals surface area contributed by atoms with Crippen LogP contribution in [0, 0.1) is 0 Å². The number of para-hydroxylation sites is 1. The first-order valence-corrected chi connectivity index (χ1v) is 10.1. The van der Waals surface area contributed by atoms with Gasteiger partial charge in [0.2, 0.25) is 0 Å². The fourth-order valence-electron chi connectivity index (χ4n) is 1.10. The molecule has 19 heavy (non-hydrogen) atoms. The normalized spacial score (nSPS) is 15.7. The van der Waals surface area contributed by atoms with Crippen LogP contribution in [0.2, 0.25) is 0 Å². The van der Waals surface area contributed by atoms with Crippen molar-refractivity contribution in [3.63, 3.8) is 0 Å². The summed E-state index contributed by atoms with van der Waals surface area (Å²) in [5.41, 5.74) is 0. The standard InChI is InChI=1S/C9H13O7PS2/c1-18(11,12)9(16-19(2,13)14)17(10)15-8-6-4-3-5-7-8/h3-7,9,17H,1-2H3. The zero-order valence-corrected chi connectivity index (χ0v) is 12.8. The minimum absolute atomic E-state index is 0.164. The third kappa shape index (κ3) is 5.73. The first-order valence-electron chi connectivity index (χ1n) is 4.93. The van der Waals surface area contributed by atoms with E-state index >= 15 is 0 Å². The molecule has 0 aliphatic rings. The van der Waals surface area contributed by atoms with Crippen molar-refractivity contribution in [3.8, 4) is 5.75 Å². The Labute approximate surface area is 112 Å². The molecule has 1 aromatic rings. The Hall–Kier alpha value is -0.890. The monoisotopic (exact) mass is 328 g/mol. The maximum absolute atomic E-state index is 11.8. The van der Waals surface area contributed by atoms with E-state index in [1.165, 1.54) is 12.1 Å². The molecule has 0 saturated carbocycles. The second kappa shape index (κ2) is 6.04. The van der Waals surface area contributed by atoms with E-state index in [9.17, 15) is 21.4 Å². The zero-order valence-electron chi connectivity index (χ0n) is 10.1. The summed E-state index contributed by atoms with van der Waals surface area (Å²) < 4.78 is 65.8. The van der Waals surface area contributed by atoms with Crippen LogP contribution >= 0.6 is 8.03 Å². The third-order valence-electron chi connectivity index (χ3n) is 1.81. The van der Waals surface area contributed by atoms with Crippen LogP contribution in [-0.4, -0.2) is 34.5 Å². The molecule has 0 aliphatic heterocycles. The number of sulfone groups is 1. The molecule has 0 fully saturated rings. The predicted molar refractivity (Wildman–Crippen MR) is 70.6 cm³/mol. The van der Waals surface area contributed by atoms with Gasteiger partial charge >= 0.3 is 0 Å². The SMILES string of the molecule is CS(=O)(=O)OC([PH](=O)Oc1ccccc1)S(C)(=O)=O. The van der Waals surface area contributed by atoms with Gasteiger partial charge in [-0.1, -0.05) is 18.2 Å². The molecule has 0 aromatic heterocycles. The van der Waals surface area contributed by atoms with Gasteiger partial charge in [-0.25, -0.2) is 12.6 Å². The molecule has 0 radical (unpaired) electrons. The van der Waals surface area contributed by atoms with E-state index in [1.807, 2.05) is 0 Å². The summed E-state index contributed by atoms with van der Waals surface area (Å²) in [5.74, 6) is 0.164. The quantitative estimate of drug-likeness (QED) is 0.563. The Bertz CT molecular complexity index is 651. The van der Waals surface area contributed by atoms with Crippen LogP contribution in [0.3, 0.4) is 0 Å². The summed E-state index contributed by atoms with van der Waals surface area (Å²) >= 11 is 0. The highest BCUT2D eigenvalue weighted by atomic mass is 32.2. The van der Waals surface area contributed by atoms with E-state index in [0.29, 0.717) is 6.26 Å². The molecule has 0 aliphatic carbocycles. The van der Waals surface area contributed by atoms with Crippen LogP contribution in [0.5, 0.6) is 5.75 Å². The first kappa shape index (κ1) is 16.2. The Morgan fingerprint density at radius 2 is 1.58 bits per heavy atom. The predicted octanol–water partition coefficient (Wildman–Crippen LogP) is 0.845. The average Bonchev–Trinajstić information content (AvgIpc) is 2.24. The largest absolute Gasteiger partial charge is 0.442 e. The van der Waals surface area contributed by atoms with Crippen molar-refractivity contribution >= 4 is 28.0 Å². The van der Waals surface area contributed by atoms with Gasteiger partial charge in [0.05, 0.1) is 6.26 Å². The summed E-state index contributed by atoms with van der Waals surface area (Å²) in [6, 6.07) is 7.80. The maximum atomic E-state index is 11.8. The van der Waals surface area contributed by atoms with Crippen molar-refractivity contribution in [1.82, 2.24) is 0 Å². The van der Waals surface area contributed by atoms with E-state index in [1.54, 1.807) is 18.2 Å². The molecule has 1 rings (SSSR count). The highest BCUT2D eigenvalue weighted by molar-refractivity contribution is 7.97. The molecule has 0 bridgehead atoms. The topological polar surface area (TPSA) is 104 Å². The Morgan fingerprint density at radius 3 is 2.00 bits per heavy atom. The van der Waals surface area contributed by atoms with Crippen molar-refractivity contribution in [2.45, 2.75) is 5.18 Å². The number of hydrogen-bond donors (Lipinski definition) is 0. The highest BCUT2D eigenvalue weighted by Crippen LogP contribution is 2.36. The fraction of sp³-hybridized carbons (Fsp3) is 0.333. The van der Waals surface area contributed by atoms with E-state index in [0.717, 1.165) is 6.26 Å². The second-order valence-corrected chi connectivity index (χ2v) is 9.17. The van der Waals surface area contributed by atoms with E-state index in [4.69, 9.17) is 4.52 Å². The van der Waals surface area contributed by atoms with Gasteiger partial charge < -0.3 is 4.52 Å². The van der Waals surface area contributed by atoms with Crippen molar-refractivity contribution in [2.75, 3.05) is 12.5 Å². The van der Waals surface area contributed by atoms with Crippen LogP contribution in [0.15, 0.2) is 30.3 Å². The Balaban J connectivity index is 2.97. The molecular weight excluding hydrogens is 315 g/mol. The minimum Gasteiger partial charge on any atom is -0.442 e. The van der Waals surface area contributed by atoms with Gasteiger partial charge in [-0.2, -0.15) is 8.42 Å². The molecule has 1 aromatic carbocycles. The van der Waals surface area contributed by atoms with Crippen molar-refractivity contribution in [2.24, 2.45) is 0 Å². The van der Waals surface area contributed by atoms with Gasteiger partial charge in [-0.05, 0) is 12.1 Å². The Kier molecular flexibility index (Phi) is 5.14. The molecule has 2 atom stereocenters. The van der Waals surface area contributed by atoms with Crippen LogP contribution in [0.4, 0.5) is 0 Å². The van der Waals surface area contributed by atoms with Gasteiger partial charge in [0.25, 0.3) is 23.3 Å². The highest BCUT2D eigenvalue weighted by Gasteiger charge is 2.33. The molecule has 0 amide bonds. The number of hydrogen-bond acceptors (Lipinski definition) is 7. The summed E-state index contributed by atoms with van der Waals surface area (Å²) in [7, 11) is -11.4. The fourth-order valence-corrected chi connectivity index (χ4v) is 5.26. The Morgan fingerprint density at radius 1 is 1.05 bits per heavy atom. The lowest BCUT2D eigenvalue weighted by Crippen LogP contribution is -2.24. The summed E-state index contributed by atoms with van der Waals surface area (Å²) in [6.45, 7) is 0. The van der Waals surface area contributed by atoms with Crippen molar-refractivity contribution in [3.05, 3.63) is 30.3 Å². The molecule has 108 valence electrons. The minimum atomic E-state index is -4.08. The molecule has 0 heterocycles. The number of benzene rings is 1. The van der Waals surface area contributed by atoms with Gasteiger partial charge in [-0.15, -0.1) is 0 Å². The lowest BCUT2D eigenvalue weighted by atomic mass is 10.3. The van der Waals surface area contributed by atoms with Gasteiger partial charge in [0.1, 0.15) is 5.75 Å². The lowest BCUT2D eigenvalue weighted by Gasteiger charge is -2.14. The van der Waals surface area contributed by atoms with Crippen LogP contribution < -0.4 is 4.52 Å². The van der Waals surface area contributed by atoms with E-state index < -0.39 is 33.2 Å². The lowest BCUT2D eigenvalue weighted by molar-refractivity contribution is 0.326. The molecule has 7 nitrogen and oxygen atoms in total.